The summed E-state index contributed by atoms with van der Waals surface area (Å²) in [6, 6.07) is 0. The Morgan fingerprint density at radius 3 is 2.27 bits per heavy atom. The van der Waals surface area contributed by atoms with E-state index in [1.807, 2.05) is 0 Å². The minimum absolute atomic E-state index is 0.323. The average molecular weight is 169 g/mol. The molecule has 5 fully saturated rings. The first-order chi connectivity index (χ1) is 5.31. The first-order valence-corrected chi connectivity index (χ1v) is 5.37. The van der Waals surface area contributed by atoms with E-state index < -0.39 is 0 Å². The van der Waals surface area contributed by atoms with Gasteiger partial charge in [-0.1, -0.05) is 0 Å². The van der Waals surface area contributed by atoms with Crippen LogP contribution in [0.5, 0.6) is 0 Å². The summed E-state index contributed by atoms with van der Waals surface area (Å²) < 4.78 is 0. The van der Waals surface area contributed by atoms with Gasteiger partial charge in [0.2, 0.25) is 0 Å². The minimum atomic E-state index is 0.323. The zero-order valence-corrected chi connectivity index (χ0v) is 7.35. The molecule has 0 aromatic heterocycles. The lowest BCUT2D eigenvalue weighted by molar-refractivity contribution is 0.167. The Bertz CT molecular complexity index is 217. The summed E-state index contributed by atoms with van der Waals surface area (Å²) in [7, 11) is 0. The second kappa shape index (κ2) is 1.39. The van der Waals surface area contributed by atoms with Crippen LogP contribution < -0.4 is 0 Å². The summed E-state index contributed by atoms with van der Waals surface area (Å²) in [5, 5.41) is 0. The van der Waals surface area contributed by atoms with Gasteiger partial charge in [-0.3, -0.25) is 0 Å². The van der Waals surface area contributed by atoms with E-state index in [1.54, 1.807) is 0 Å². The van der Waals surface area contributed by atoms with Crippen LogP contribution in [0.2, 0.25) is 0 Å². The Balaban J connectivity index is 1.88. The molecule has 0 unspecified atom stereocenters. The van der Waals surface area contributed by atoms with Crippen LogP contribution in [0.3, 0.4) is 0 Å². The quantitative estimate of drug-likeness (QED) is 0.488. The summed E-state index contributed by atoms with van der Waals surface area (Å²) in [4.78, 5) is 0.323. The second-order valence-electron chi connectivity index (χ2n) is 5.14. The molecule has 5 rings (SSSR count). The van der Waals surface area contributed by atoms with Gasteiger partial charge in [0, 0.05) is 0 Å². The third-order valence-corrected chi connectivity index (χ3v) is 5.62. The SMILES string of the molecule is ClC12CCC([C@@H]3C[C@@H]31)[C@@H]1C[C@@H]12. The van der Waals surface area contributed by atoms with E-state index in [1.165, 1.54) is 25.7 Å². The van der Waals surface area contributed by atoms with Gasteiger partial charge < -0.3 is 0 Å². The van der Waals surface area contributed by atoms with E-state index in [0.29, 0.717) is 4.87 Å². The fraction of sp³-hybridized carbons (Fsp3) is 1.00. The number of alkyl halides is 1. The van der Waals surface area contributed by atoms with Crippen LogP contribution in [0.1, 0.15) is 25.7 Å². The molecule has 0 saturated heterocycles. The molecule has 0 spiro atoms. The lowest BCUT2D eigenvalue weighted by Crippen LogP contribution is -2.40. The molecule has 0 radical (unpaired) electrons. The normalized spacial score (nSPS) is 75.5. The molecule has 0 aromatic carbocycles. The minimum Gasteiger partial charge on any atom is -0.119 e. The van der Waals surface area contributed by atoms with Crippen LogP contribution in [0.15, 0.2) is 0 Å². The van der Waals surface area contributed by atoms with Crippen molar-refractivity contribution in [1.29, 1.82) is 0 Å². The van der Waals surface area contributed by atoms with Gasteiger partial charge >= 0.3 is 0 Å². The second-order valence-corrected chi connectivity index (χ2v) is 5.85. The third kappa shape index (κ3) is 0.482. The highest BCUT2D eigenvalue weighted by Gasteiger charge is 2.73. The summed E-state index contributed by atoms with van der Waals surface area (Å²) in [5.74, 6) is 5.24. The Hall–Kier alpha value is 0.290. The Labute approximate surface area is 72.3 Å². The van der Waals surface area contributed by atoms with Crippen LogP contribution in [0.25, 0.3) is 0 Å². The largest absolute Gasteiger partial charge is 0.119 e. The van der Waals surface area contributed by atoms with Gasteiger partial charge in [0.15, 0.2) is 0 Å². The van der Waals surface area contributed by atoms with E-state index in [4.69, 9.17) is 11.6 Å². The molecule has 1 heteroatoms. The van der Waals surface area contributed by atoms with Crippen molar-refractivity contribution in [3.05, 3.63) is 0 Å². The van der Waals surface area contributed by atoms with Crippen molar-refractivity contribution in [2.24, 2.45) is 29.6 Å². The zero-order chi connectivity index (χ0) is 7.22. The molecular weight excluding hydrogens is 156 g/mol. The summed E-state index contributed by atoms with van der Waals surface area (Å²) in [5.41, 5.74) is 0. The molecule has 11 heavy (non-hydrogen) atoms. The maximum atomic E-state index is 6.68. The molecule has 4 atom stereocenters. The van der Waals surface area contributed by atoms with E-state index >= 15 is 0 Å². The fourth-order valence-electron chi connectivity index (χ4n) is 4.26. The Morgan fingerprint density at radius 1 is 1.00 bits per heavy atom. The maximum Gasteiger partial charge on any atom is 0.0508 e. The van der Waals surface area contributed by atoms with Crippen LogP contribution in [-0.2, 0) is 0 Å². The fourth-order valence-corrected chi connectivity index (χ4v) is 4.87. The molecule has 0 aromatic rings. The molecule has 0 aliphatic heterocycles. The predicted molar refractivity (Wildman–Crippen MR) is 44.5 cm³/mol. The number of rotatable bonds is 0. The highest BCUT2D eigenvalue weighted by Crippen LogP contribution is 2.77. The van der Waals surface area contributed by atoms with Gasteiger partial charge in [-0.2, -0.15) is 0 Å². The van der Waals surface area contributed by atoms with E-state index in [0.717, 1.165) is 29.6 Å². The topological polar surface area (TPSA) is 0 Å². The van der Waals surface area contributed by atoms with Gasteiger partial charge in [-0.25, -0.2) is 0 Å². The first-order valence-electron chi connectivity index (χ1n) is 4.99. The van der Waals surface area contributed by atoms with Crippen LogP contribution in [-0.4, -0.2) is 4.87 Å². The number of halogens is 1. The monoisotopic (exact) mass is 168 g/mol. The summed E-state index contributed by atoms with van der Waals surface area (Å²) >= 11 is 6.68. The third-order valence-electron chi connectivity index (χ3n) is 4.87. The molecule has 0 amide bonds. The standard InChI is InChI=1S/C10H13Cl/c11-10-2-1-5(6-3-8(6)10)7-4-9(7)10/h5-9H,1-4H2/t5?,6-,7-,8-,9-,10?/m0/s1. The highest BCUT2D eigenvalue weighted by atomic mass is 35.5. The molecular formula is C10H13Cl. The average Bonchev–Trinajstić information content (AvgIpc) is 2.82. The number of hydrogen-bond acceptors (Lipinski definition) is 0. The molecule has 5 saturated carbocycles. The molecule has 0 nitrogen and oxygen atoms in total. The molecule has 60 valence electrons. The van der Waals surface area contributed by atoms with Crippen molar-refractivity contribution < 1.29 is 0 Å². The molecule has 0 heterocycles. The van der Waals surface area contributed by atoms with Crippen molar-refractivity contribution in [1.82, 2.24) is 0 Å². The predicted octanol–water partition coefficient (Wildman–Crippen LogP) is 2.66. The lowest BCUT2D eigenvalue weighted by Gasteiger charge is -2.41. The van der Waals surface area contributed by atoms with Gasteiger partial charge in [-0.15, -0.1) is 11.6 Å². The van der Waals surface area contributed by atoms with Gasteiger partial charge in [0.1, 0.15) is 0 Å². The van der Waals surface area contributed by atoms with Crippen molar-refractivity contribution in [2.75, 3.05) is 0 Å². The van der Waals surface area contributed by atoms with Crippen molar-refractivity contribution in [3.63, 3.8) is 0 Å². The Morgan fingerprint density at radius 2 is 1.64 bits per heavy atom. The maximum absolute atomic E-state index is 6.68. The smallest absolute Gasteiger partial charge is 0.0508 e. The van der Waals surface area contributed by atoms with Crippen LogP contribution >= 0.6 is 11.6 Å². The van der Waals surface area contributed by atoms with E-state index in [2.05, 4.69) is 0 Å². The van der Waals surface area contributed by atoms with Crippen LogP contribution in [0, 0.1) is 29.6 Å². The van der Waals surface area contributed by atoms with E-state index in [9.17, 15) is 0 Å². The lowest BCUT2D eigenvalue weighted by atomic mass is 9.70. The first kappa shape index (κ1) is 5.85. The van der Waals surface area contributed by atoms with Gasteiger partial charge in [0.25, 0.3) is 0 Å². The molecule has 5 aliphatic carbocycles. The highest BCUT2D eigenvalue weighted by molar-refractivity contribution is 6.25. The van der Waals surface area contributed by atoms with Gasteiger partial charge in [-0.05, 0) is 55.3 Å². The van der Waals surface area contributed by atoms with Crippen molar-refractivity contribution in [3.8, 4) is 0 Å². The van der Waals surface area contributed by atoms with Crippen LogP contribution in [0.4, 0.5) is 0 Å². The Kier molecular flexibility index (Phi) is 0.739. The van der Waals surface area contributed by atoms with Gasteiger partial charge in [0.05, 0.1) is 4.87 Å². The molecule has 5 aliphatic rings. The molecule has 2 bridgehead atoms. The van der Waals surface area contributed by atoms with Crippen molar-refractivity contribution in [2.45, 2.75) is 30.6 Å². The summed E-state index contributed by atoms with van der Waals surface area (Å²) in [6.45, 7) is 0. The number of fused-ring (bicyclic) bond motifs is 1. The van der Waals surface area contributed by atoms with Crippen molar-refractivity contribution >= 4 is 11.6 Å². The summed E-state index contributed by atoms with van der Waals surface area (Å²) in [6.07, 6.45) is 5.79. The zero-order valence-electron chi connectivity index (χ0n) is 6.59. The van der Waals surface area contributed by atoms with E-state index in [-0.39, 0.29) is 0 Å². The molecule has 0 N–H and O–H groups in total. The number of hydrogen-bond donors (Lipinski definition) is 0.